The largest absolute Gasteiger partial charge is 0.495 e. The van der Waals surface area contributed by atoms with Crippen LogP contribution in [-0.4, -0.2) is 49.4 Å². The van der Waals surface area contributed by atoms with E-state index in [0.29, 0.717) is 16.0 Å². The molecule has 29 heavy (non-hydrogen) atoms. The van der Waals surface area contributed by atoms with Crippen LogP contribution in [0.2, 0.25) is 0 Å². The smallest absolute Gasteiger partial charge is 0.245 e. The summed E-state index contributed by atoms with van der Waals surface area (Å²) in [6.07, 6.45) is 1.54. The third-order valence-corrected chi connectivity index (χ3v) is 5.71. The molecule has 0 fully saturated rings. The van der Waals surface area contributed by atoms with E-state index in [1.165, 1.54) is 26.4 Å². The van der Waals surface area contributed by atoms with Crippen molar-refractivity contribution < 1.29 is 23.0 Å². The lowest BCUT2D eigenvalue weighted by atomic mass is 10.0. The number of benzene rings is 1. The van der Waals surface area contributed by atoms with Crippen molar-refractivity contribution in [2.24, 2.45) is 5.14 Å². The van der Waals surface area contributed by atoms with Crippen LogP contribution < -0.4 is 25.2 Å². The first-order chi connectivity index (χ1) is 13.4. The van der Waals surface area contributed by atoms with Crippen LogP contribution in [0.15, 0.2) is 27.7 Å². The van der Waals surface area contributed by atoms with Gasteiger partial charge in [0.1, 0.15) is 17.3 Å². The Hall–Kier alpha value is -2.15. The number of methoxy groups -OCH3 is 2. The van der Waals surface area contributed by atoms with E-state index in [9.17, 15) is 13.5 Å². The molecule has 10 nitrogen and oxygen atoms in total. The number of primary sulfonamides is 1. The molecule has 160 valence electrons. The average Bonchev–Trinajstić information content (AvgIpc) is 2.61. The van der Waals surface area contributed by atoms with Crippen molar-refractivity contribution in [3.8, 4) is 11.5 Å². The molecule has 12 heteroatoms. The van der Waals surface area contributed by atoms with E-state index in [4.69, 9.17) is 14.6 Å². The van der Waals surface area contributed by atoms with E-state index in [1.807, 2.05) is 6.92 Å². The number of aromatic nitrogens is 2. The molecule has 0 radical (unpaired) electrons. The minimum Gasteiger partial charge on any atom is -0.495 e. The van der Waals surface area contributed by atoms with Crippen LogP contribution in [-0.2, 0) is 10.0 Å². The molecule has 0 aliphatic heterocycles. The van der Waals surface area contributed by atoms with Crippen molar-refractivity contribution in [3.63, 3.8) is 0 Å². The number of halogens is 1. The van der Waals surface area contributed by atoms with Gasteiger partial charge in [-0.2, -0.15) is 4.98 Å². The van der Waals surface area contributed by atoms with Crippen LogP contribution in [0.5, 0.6) is 11.5 Å². The number of nitrogens with zero attached hydrogens (tertiary/aromatic N) is 2. The van der Waals surface area contributed by atoms with Crippen LogP contribution >= 0.6 is 15.9 Å². The van der Waals surface area contributed by atoms with Crippen LogP contribution in [0.25, 0.3) is 0 Å². The fraction of sp³-hybridized carbons (Fsp3) is 0.412. The Balaban J connectivity index is 2.41. The molecule has 0 aliphatic rings. The quantitative estimate of drug-likeness (QED) is 0.437. The van der Waals surface area contributed by atoms with Gasteiger partial charge >= 0.3 is 0 Å². The summed E-state index contributed by atoms with van der Waals surface area (Å²) >= 11 is 3.37. The van der Waals surface area contributed by atoms with Crippen molar-refractivity contribution in [2.45, 2.75) is 37.3 Å². The van der Waals surface area contributed by atoms with E-state index in [0.717, 1.165) is 0 Å². The molecule has 1 aromatic heterocycles. The standard InChI is InChI=1S/C17H24BrN5O5S/c1-9(17(2,3)24)21-15-11(18)8-20-16(23-15)22-10-6-12(27-4)14(29(19,25)26)13(7-10)28-5/h6-9,24H,1-5H3,(H2,19,25,26)(H2,20,21,22,23)/t9-/m1/s1. The molecule has 5 N–H and O–H groups in total. The summed E-state index contributed by atoms with van der Waals surface area (Å²) in [5.74, 6) is 0.726. The van der Waals surface area contributed by atoms with E-state index in [1.54, 1.807) is 20.0 Å². The number of rotatable bonds is 8. The summed E-state index contributed by atoms with van der Waals surface area (Å²) in [4.78, 5) is 8.32. The highest BCUT2D eigenvalue weighted by Gasteiger charge is 2.24. The zero-order valence-corrected chi connectivity index (χ0v) is 19.1. The zero-order chi connectivity index (χ0) is 22.0. The zero-order valence-electron chi connectivity index (χ0n) is 16.6. The van der Waals surface area contributed by atoms with Gasteiger partial charge in [-0.05, 0) is 36.7 Å². The lowest BCUT2D eigenvalue weighted by molar-refractivity contribution is 0.0647. The summed E-state index contributed by atoms with van der Waals surface area (Å²) in [5.41, 5.74) is -0.544. The second kappa shape index (κ2) is 8.69. The number of aliphatic hydroxyl groups is 1. The summed E-state index contributed by atoms with van der Waals surface area (Å²) in [7, 11) is -1.42. The van der Waals surface area contributed by atoms with E-state index in [-0.39, 0.29) is 28.4 Å². The van der Waals surface area contributed by atoms with E-state index in [2.05, 4.69) is 36.5 Å². The minimum atomic E-state index is -4.07. The van der Waals surface area contributed by atoms with Crippen molar-refractivity contribution in [1.82, 2.24) is 9.97 Å². The number of anilines is 3. The SMILES string of the molecule is COc1cc(Nc2ncc(Br)c(N[C@H](C)C(C)(C)O)n2)cc(OC)c1S(N)(=O)=O. The normalized spacial score (nSPS) is 13.0. The first kappa shape index (κ1) is 23.1. The molecule has 0 saturated carbocycles. The van der Waals surface area contributed by atoms with Crippen molar-refractivity contribution in [3.05, 3.63) is 22.8 Å². The highest BCUT2D eigenvalue weighted by atomic mass is 79.9. The van der Waals surface area contributed by atoms with Crippen molar-refractivity contribution in [1.29, 1.82) is 0 Å². The lowest BCUT2D eigenvalue weighted by Gasteiger charge is -2.27. The molecule has 2 rings (SSSR count). The van der Waals surface area contributed by atoms with Gasteiger partial charge in [-0.15, -0.1) is 0 Å². The van der Waals surface area contributed by atoms with Gasteiger partial charge in [0.05, 0.1) is 30.3 Å². The topological polar surface area (TPSA) is 149 Å². The number of nitrogens with one attached hydrogen (secondary N) is 2. The number of sulfonamides is 1. The maximum Gasteiger partial charge on any atom is 0.245 e. The first-order valence-corrected chi connectivity index (χ1v) is 10.8. The monoisotopic (exact) mass is 489 g/mol. The fourth-order valence-electron chi connectivity index (χ4n) is 2.27. The van der Waals surface area contributed by atoms with Crippen LogP contribution in [0.4, 0.5) is 17.5 Å². The maximum atomic E-state index is 11.9. The summed E-state index contributed by atoms with van der Waals surface area (Å²) in [6.45, 7) is 5.19. The molecule has 1 heterocycles. The Morgan fingerprint density at radius 3 is 2.24 bits per heavy atom. The number of hydrogen-bond donors (Lipinski definition) is 4. The summed E-state index contributed by atoms with van der Waals surface area (Å²) in [6, 6.07) is 2.59. The van der Waals surface area contributed by atoms with Crippen LogP contribution in [0.1, 0.15) is 20.8 Å². The molecule has 0 bridgehead atoms. The predicted molar refractivity (Wildman–Crippen MR) is 113 cm³/mol. The van der Waals surface area contributed by atoms with Crippen molar-refractivity contribution in [2.75, 3.05) is 24.9 Å². The van der Waals surface area contributed by atoms with Gasteiger partial charge in [0.2, 0.25) is 16.0 Å². The van der Waals surface area contributed by atoms with E-state index >= 15 is 0 Å². The molecule has 0 aliphatic carbocycles. The van der Waals surface area contributed by atoms with Gasteiger partial charge < -0.3 is 25.2 Å². The van der Waals surface area contributed by atoms with Gasteiger partial charge in [-0.25, -0.2) is 18.5 Å². The molecule has 0 amide bonds. The molecule has 0 unspecified atom stereocenters. The van der Waals surface area contributed by atoms with E-state index < -0.39 is 15.6 Å². The maximum absolute atomic E-state index is 11.9. The Morgan fingerprint density at radius 1 is 1.24 bits per heavy atom. The summed E-state index contributed by atoms with van der Waals surface area (Å²) < 4.78 is 34.7. The lowest BCUT2D eigenvalue weighted by Crippen LogP contribution is -2.39. The molecule has 1 atom stereocenters. The second-order valence-corrected chi connectivity index (χ2v) is 9.14. The fourth-order valence-corrected chi connectivity index (χ4v) is 3.42. The van der Waals surface area contributed by atoms with Gasteiger partial charge in [-0.3, -0.25) is 0 Å². The molecule has 0 saturated heterocycles. The van der Waals surface area contributed by atoms with Crippen molar-refractivity contribution >= 4 is 43.4 Å². The van der Waals surface area contributed by atoms with Gasteiger partial charge in [0, 0.05) is 24.0 Å². The third-order valence-electron chi connectivity index (χ3n) is 4.16. The number of hydrogen-bond acceptors (Lipinski definition) is 9. The highest BCUT2D eigenvalue weighted by Crippen LogP contribution is 2.36. The Bertz CT molecular complexity index is 969. The van der Waals surface area contributed by atoms with Gasteiger partial charge in [0.15, 0.2) is 4.90 Å². The second-order valence-electron chi connectivity index (χ2n) is 6.79. The van der Waals surface area contributed by atoms with Gasteiger partial charge in [-0.1, -0.05) is 0 Å². The molecule has 2 aromatic rings. The summed E-state index contributed by atoms with van der Waals surface area (Å²) in [5, 5.41) is 21.5. The molecular weight excluding hydrogens is 466 g/mol. The molecule has 0 spiro atoms. The highest BCUT2D eigenvalue weighted by molar-refractivity contribution is 9.10. The Kier molecular flexibility index (Phi) is 6.93. The average molecular weight is 490 g/mol. The van der Waals surface area contributed by atoms with Crippen LogP contribution in [0.3, 0.4) is 0 Å². The first-order valence-electron chi connectivity index (χ1n) is 8.44. The number of nitrogens with two attached hydrogens (primary N) is 1. The molecular formula is C17H24BrN5O5S. The number of ether oxygens (including phenoxy) is 2. The molecule has 1 aromatic carbocycles. The Labute approximate surface area is 178 Å². The van der Waals surface area contributed by atoms with Crippen LogP contribution in [0, 0.1) is 0 Å². The Morgan fingerprint density at radius 2 is 1.79 bits per heavy atom. The minimum absolute atomic E-state index is 0.0143. The predicted octanol–water partition coefficient (Wildman–Crippen LogP) is 2.22. The third kappa shape index (κ3) is 5.69. The van der Waals surface area contributed by atoms with Gasteiger partial charge in [0.25, 0.3) is 0 Å².